The Bertz CT molecular complexity index is 413. The second-order valence-corrected chi connectivity index (χ2v) is 5.04. The maximum atomic E-state index is 11.7. The maximum Gasteiger partial charge on any atom is 0.244 e. The second kappa shape index (κ2) is 4.73. The van der Waals surface area contributed by atoms with Crippen LogP contribution in [0.25, 0.3) is 0 Å². The standard InChI is InChI=1S/C8H15N3O3S/c1-7(6-14-3)10-15(12,13)8-4-9-11(2)5-8/h4-5,7,10H,6H2,1-3H3/t7-/m0/s1. The van der Waals surface area contributed by atoms with Gasteiger partial charge in [-0.05, 0) is 6.92 Å². The molecule has 15 heavy (non-hydrogen) atoms. The van der Waals surface area contributed by atoms with E-state index in [1.165, 1.54) is 24.2 Å². The van der Waals surface area contributed by atoms with Gasteiger partial charge in [0.2, 0.25) is 10.0 Å². The van der Waals surface area contributed by atoms with Crippen LogP contribution in [0.3, 0.4) is 0 Å². The van der Waals surface area contributed by atoms with E-state index in [1.54, 1.807) is 14.0 Å². The molecule has 7 heteroatoms. The first-order chi connectivity index (χ1) is 6.95. The minimum atomic E-state index is -3.47. The van der Waals surface area contributed by atoms with Crippen molar-refractivity contribution in [1.29, 1.82) is 0 Å². The molecule has 0 bridgehead atoms. The molecule has 0 aliphatic carbocycles. The molecule has 0 spiro atoms. The monoisotopic (exact) mass is 233 g/mol. The summed E-state index contributed by atoms with van der Waals surface area (Å²) < 4.78 is 32.2. The first-order valence-electron chi connectivity index (χ1n) is 4.45. The molecule has 0 aliphatic rings. The van der Waals surface area contributed by atoms with E-state index in [9.17, 15) is 8.42 Å². The Morgan fingerprint density at radius 3 is 2.80 bits per heavy atom. The van der Waals surface area contributed by atoms with Crippen molar-refractivity contribution >= 4 is 10.0 Å². The summed E-state index contributed by atoms with van der Waals surface area (Å²) in [5, 5.41) is 3.80. The highest BCUT2D eigenvalue weighted by atomic mass is 32.2. The van der Waals surface area contributed by atoms with E-state index in [-0.39, 0.29) is 10.9 Å². The van der Waals surface area contributed by atoms with Crippen molar-refractivity contribution in [2.75, 3.05) is 13.7 Å². The van der Waals surface area contributed by atoms with Crippen molar-refractivity contribution in [3.8, 4) is 0 Å². The molecule has 1 atom stereocenters. The minimum Gasteiger partial charge on any atom is -0.383 e. The van der Waals surface area contributed by atoms with Crippen LogP contribution in [0.1, 0.15) is 6.92 Å². The normalized spacial score (nSPS) is 14.1. The molecule has 1 rings (SSSR count). The van der Waals surface area contributed by atoms with Gasteiger partial charge in [-0.15, -0.1) is 0 Å². The van der Waals surface area contributed by atoms with Crippen LogP contribution in [-0.4, -0.2) is 38.0 Å². The highest BCUT2D eigenvalue weighted by molar-refractivity contribution is 7.89. The van der Waals surface area contributed by atoms with E-state index in [1.807, 2.05) is 0 Å². The second-order valence-electron chi connectivity index (χ2n) is 3.33. The van der Waals surface area contributed by atoms with Crippen LogP contribution in [-0.2, 0) is 21.8 Å². The molecular formula is C8H15N3O3S. The molecular weight excluding hydrogens is 218 g/mol. The third-order valence-electron chi connectivity index (χ3n) is 1.76. The van der Waals surface area contributed by atoms with Gasteiger partial charge in [-0.2, -0.15) is 5.10 Å². The molecule has 0 saturated carbocycles. The van der Waals surface area contributed by atoms with Gasteiger partial charge in [0.15, 0.2) is 0 Å². The number of aromatic nitrogens is 2. The molecule has 0 aliphatic heterocycles. The first-order valence-corrected chi connectivity index (χ1v) is 5.94. The number of rotatable bonds is 5. The molecule has 6 nitrogen and oxygen atoms in total. The number of hydrogen-bond donors (Lipinski definition) is 1. The number of sulfonamides is 1. The van der Waals surface area contributed by atoms with E-state index in [2.05, 4.69) is 9.82 Å². The van der Waals surface area contributed by atoms with Gasteiger partial charge in [0.25, 0.3) is 0 Å². The lowest BCUT2D eigenvalue weighted by Crippen LogP contribution is -2.35. The first kappa shape index (κ1) is 12.2. The van der Waals surface area contributed by atoms with E-state index in [0.29, 0.717) is 6.61 Å². The van der Waals surface area contributed by atoms with Crippen LogP contribution in [0.4, 0.5) is 0 Å². The number of nitrogens with zero attached hydrogens (tertiary/aromatic N) is 2. The van der Waals surface area contributed by atoms with Gasteiger partial charge in [0.1, 0.15) is 4.90 Å². The average Bonchev–Trinajstić information content (AvgIpc) is 2.51. The molecule has 1 aromatic heterocycles. The lowest BCUT2D eigenvalue weighted by molar-refractivity contribution is 0.180. The molecule has 1 heterocycles. The fraction of sp³-hybridized carbons (Fsp3) is 0.625. The Hall–Kier alpha value is -0.920. The molecule has 0 radical (unpaired) electrons. The van der Waals surface area contributed by atoms with Crippen LogP contribution >= 0.6 is 0 Å². The van der Waals surface area contributed by atoms with Gasteiger partial charge in [0, 0.05) is 26.4 Å². The topological polar surface area (TPSA) is 73.2 Å². The Labute approximate surface area is 89.3 Å². The largest absolute Gasteiger partial charge is 0.383 e. The SMILES string of the molecule is COC[C@H](C)NS(=O)(=O)c1cnn(C)c1. The van der Waals surface area contributed by atoms with Crippen LogP contribution in [0.15, 0.2) is 17.3 Å². The van der Waals surface area contributed by atoms with Crippen molar-refractivity contribution in [2.24, 2.45) is 7.05 Å². The van der Waals surface area contributed by atoms with Crippen molar-refractivity contribution in [3.05, 3.63) is 12.4 Å². The molecule has 0 amide bonds. The van der Waals surface area contributed by atoms with Gasteiger partial charge in [0.05, 0.1) is 12.8 Å². The van der Waals surface area contributed by atoms with E-state index >= 15 is 0 Å². The summed E-state index contributed by atoms with van der Waals surface area (Å²) in [7, 11) is -0.287. The smallest absolute Gasteiger partial charge is 0.244 e. The third-order valence-corrected chi connectivity index (χ3v) is 3.31. The summed E-state index contributed by atoms with van der Waals surface area (Å²) >= 11 is 0. The van der Waals surface area contributed by atoms with Crippen LogP contribution in [0.5, 0.6) is 0 Å². The summed E-state index contributed by atoms with van der Waals surface area (Å²) in [6.07, 6.45) is 2.75. The maximum absolute atomic E-state index is 11.7. The molecule has 0 unspecified atom stereocenters. The van der Waals surface area contributed by atoms with Crippen molar-refractivity contribution in [3.63, 3.8) is 0 Å². The number of nitrogens with one attached hydrogen (secondary N) is 1. The number of aryl methyl sites for hydroxylation is 1. The average molecular weight is 233 g/mol. The predicted octanol–water partition coefficient (Wildman–Crippen LogP) is -0.267. The molecule has 1 aromatic rings. The van der Waals surface area contributed by atoms with E-state index in [4.69, 9.17) is 4.74 Å². The van der Waals surface area contributed by atoms with Crippen LogP contribution < -0.4 is 4.72 Å². The highest BCUT2D eigenvalue weighted by Gasteiger charge is 2.18. The minimum absolute atomic E-state index is 0.160. The number of ether oxygens (including phenoxy) is 1. The van der Waals surface area contributed by atoms with Gasteiger partial charge in [-0.25, -0.2) is 13.1 Å². The van der Waals surface area contributed by atoms with Gasteiger partial charge in [-0.3, -0.25) is 4.68 Å². The zero-order valence-electron chi connectivity index (χ0n) is 8.97. The van der Waals surface area contributed by atoms with Gasteiger partial charge in [-0.1, -0.05) is 0 Å². The molecule has 0 saturated heterocycles. The van der Waals surface area contributed by atoms with Crippen LogP contribution in [0.2, 0.25) is 0 Å². The lowest BCUT2D eigenvalue weighted by Gasteiger charge is -2.11. The Kier molecular flexibility index (Phi) is 3.83. The predicted molar refractivity (Wildman–Crippen MR) is 54.9 cm³/mol. The zero-order valence-corrected chi connectivity index (χ0v) is 9.78. The summed E-state index contributed by atoms with van der Waals surface area (Å²) in [6.45, 7) is 2.07. The summed E-state index contributed by atoms with van der Waals surface area (Å²) in [6, 6.07) is -0.264. The molecule has 1 N–H and O–H groups in total. The Morgan fingerprint density at radius 1 is 1.67 bits per heavy atom. The number of hydrogen-bond acceptors (Lipinski definition) is 4. The Balaban J connectivity index is 2.76. The van der Waals surface area contributed by atoms with Gasteiger partial charge < -0.3 is 4.74 Å². The van der Waals surface area contributed by atoms with Crippen molar-refractivity contribution in [2.45, 2.75) is 17.9 Å². The molecule has 0 fully saturated rings. The van der Waals surface area contributed by atoms with E-state index in [0.717, 1.165) is 0 Å². The Morgan fingerprint density at radius 2 is 2.33 bits per heavy atom. The van der Waals surface area contributed by atoms with Crippen molar-refractivity contribution in [1.82, 2.24) is 14.5 Å². The lowest BCUT2D eigenvalue weighted by atomic mass is 10.4. The molecule has 86 valence electrons. The highest BCUT2D eigenvalue weighted by Crippen LogP contribution is 2.06. The summed E-state index contributed by atoms with van der Waals surface area (Å²) in [4.78, 5) is 0.160. The summed E-state index contributed by atoms with van der Waals surface area (Å²) in [5.41, 5.74) is 0. The number of methoxy groups -OCH3 is 1. The quantitative estimate of drug-likeness (QED) is 0.760. The fourth-order valence-corrected chi connectivity index (χ4v) is 2.37. The zero-order chi connectivity index (χ0) is 11.5. The third kappa shape index (κ3) is 3.29. The summed E-state index contributed by atoms with van der Waals surface area (Å²) in [5.74, 6) is 0. The fourth-order valence-electron chi connectivity index (χ4n) is 1.15. The van der Waals surface area contributed by atoms with Crippen molar-refractivity contribution < 1.29 is 13.2 Å². The van der Waals surface area contributed by atoms with E-state index < -0.39 is 10.0 Å². The van der Waals surface area contributed by atoms with Gasteiger partial charge >= 0.3 is 0 Å². The molecule has 0 aromatic carbocycles. The van der Waals surface area contributed by atoms with Crippen LogP contribution in [0, 0.1) is 0 Å².